The second-order valence-electron chi connectivity index (χ2n) is 7.28. The molecular formula is C23H25N5O2. The fourth-order valence-electron chi connectivity index (χ4n) is 3.04. The van der Waals surface area contributed by atoms with Gasteiger partial charge in [-0.25, -0.2) is 4.98 Å². The Labute approximate surface area is 175 Å². The summed E-state index contributed by atoms with van der Waals surface area (Å²) in [6.45, 7) is 4.66. The number of carbonyl (C=O) groups is 2. The van der Waals surface area contributed by atoms with Crippen LogP contribution in [0.4, 0.5) is 0 Å². The second-order valence-corrected chi connectivity index (χ2v) is 7.28. The third-order valence-electron chi connectivity index (χ3n) is 4.79. The van der Waals surface area contributed by atoms with E-state index in [1.807, 2.05) is 48.5 Å². The smallest absolute Gasteiger partial charge is 0.269 e. The van der Waals surface area contributed by atoms with Crippen LogP contribution >= 0.6 is 0 Å². The van der Waals surface area contributed by atoms with Gasteiger partial charge in [-0.3, -0.25) is 14.6 Å². The van der Waals surface area contributed by atoms with E-state index in [0.717, 1.165) is 11.1 Å². The molecule has 0 unspecified atom stereocenters. The highest BCUT2D eigenvalue weighted by atomic mass is 16.2. The molecule has 0 atom stereocenters. The van der Waals surface area contributed by atoms with E-state index in [1.54, 1.807) is 6.20 Å². The van der Waals surface area contributed by atoms with Crippen LogP contribution in [0.5, 0.6) is 0 Å². The number of nitrogens with zero attached hydrogens (tertiary/aromatic N) is 2. The van der Waals surface area contributed by atoms with Crippen LogP contribution in [0.2, 0.25) is 0 Å². The molecule has 7 heteroatoms. The number of amides is 2. The van der Waals surface area contributed by atoms with E-state index >= 15 is 0 Å². The number of rotatable bonds is 7. The van der Waals surface area contributed by atoms with Gasteiger partial charge in [0.2, 0.25) is 0 Å². The first kappa shape index (κ1) is 21.1. The molecule has 0 spiro atoms. The molecule has 5 N–H and O–H groups in total. The van der Waals surface area contributed by atoms with E-state index in [9.17, 15) is 9.59 Å². The minimum atomic E-state index is -0.670. The van der Waals surface area contributed by atoms with E-state index in [0.29, 0.717) is 29.4 Å². The van der Waals surface area contributed by atoms with Crippen LogP contribution in [0, 0.1) is 0 Å². The third-order valence-corrected chi connectivity index (χ3v) is 4.79. The quantitative estimate of drug-likeness (QED) is 0.559. The van der Waals surface area contributed by atoms with Crippen LogP contribution in [0.15, 0.2) is 54.7 Å². The van der Waals surface area contributed by atoms with Crippen LogP contribution in [0.1, 0.15) is 57.4 Å². The topological polar surface area (TPSA) is 124 Å². The van der Waals surface area contributed by atoms with Crippen LogP contribution in [0.3, 0.4) is 0 Å². The van der Waals surface area contributed by atoms with Gasteiger partial charge in [0.15, 0.2) is 5.69 Å². The molecule has 2 amide bonds. The molecule has 0 aliphatic carbocycles. The lowest BCUT2D eigenvalue weighted by Gasteiger charge is -2.10. The average Bonchev–Trinajstić information content (AvgIpc) is 2.77. The summed E-state index contributed by atoms with van der Waals surface area (Å²) in [5, 5.41) is 2.92. The maximum Gasteiger partial charge on any atom is 0.269 e. The summed E-state index contributed by atoms with van der Waals surface area (Å²) in [4.78, 5) is 32.6. The van der Waals surface area contributed by atoms with Gasteiger partial charge < -0.3 is 16.8 Å². The number of aromatic nitrogens is 2. The minimum absolute atomic E-state index is 0.0681. The van der Waals surface area contributed by atoms with Crippen LogP contribution in [-0.2, 0) is 13.1 Å². The Bertz CT molecular complexity index is 1060. The molecule has 0 radical (unpaired) electrons. The van der Waals surface area contributed by atoms with E-state index in [2.05, 4.69) is 29.1 Å². The largest absolute Gasteiger partial charge is 0.364 e. The molecule has 3 rings (SSSR count). The molecule has 0 aliphatic rings. The van der Waals surface area contributed by atoms with Crippen molar-refractivity contribution in [1.82, 2.24) is 15.3 Å². The van der Waals surface area contributed by atoms with Gasteiger partial charge in [-0.2, -0.15) is 0 Å². The summed E-state index contributed by atoms with van der Waals surface area (Å²) in [6, 6.07) is 15.1. The second kappa shape index (κ2) is 9.28. The normalized spacial score (nSPS) is 10.8. The number of hydrogen-bond acceptors (Lipinski definition) is 5. The number of carbonyl (C=O) groups excluding carboxylic acids is 2. The molecule has 0 fully saturated rings. The van der Waals surface area contributed by atoms with Crippen molar-refractivity contribution in [3.8, 4) is 11.3 Å². The van der Waals surface area contributed by atoms with Crippen molar-refractivity contribution in [2.45, 2.75) is 32.9 Å². The zero-order valence-electron chi connectivity index (χ0n) is 17.1. The van der Waals surface area contributed by atoms with Crippen molar-refractivity contribution in [2.24, 2.45) is 11.5 Å². The number of primary amides is 1. The van der Waals surface area contributed by atoms with Crippen molar-refractivity contribution in [3.05, 3.63) is 82.8 Å². The summed E-state index contributed by atoms with van der Waals surface area (Å²) >= 11 is 0. The predicted molar refractivity (Wildman–Crippen MR) is 116 cm³/mol. The molecule has 0 aliphatic heterocycles. The molecule has 0 bridgehead atoms. The van der Waals surface area contributed by atoms with Gasteiger partial charge in [0.1, 0.15) is 0 Å². The van der Waals surface area contributed by atoms with Gasteiger partial charge in [-0.1, -0.05) is 44.2 Å². The summed E-state index contributed by atoms with van der Waals surface area (Å²) in [5.74, 6) is -0.391. The molecule has 1 heterocycles. The first-order valence-corrected chi connectivity index (χ1v) is 9.72. The van der Waals surface area contributed by atoms with E-state index in [-0.39, 0.29) is 18.1 Å². The lowest BCUT2D eigenvalue weighted by atomic mass is 10.0. The molecule has 7 nitrogen and oxygen atoms in total. The van der Waals surface area contributed by atoms with Crippen LogP contribution < -0.4 is 16.8 Å². The Morgan fingerprint density at radius 1 is 1.10 bits per heavy atom. The maximum absolute atomic E-state index is 12.4. The van der Waals surface area contributed by atoms with E-state index in [1.165, 1.54) is 5.56 Å². The van der Waals surface area contributed by atoms with Crippen molar-refractivity contribution < 1.29 is 9.59 Å². The highest BCUT2D eigenvalue weighted by Gasteiger charge is 2.13. The molecule has 30 heavy (non-hydrogen) atoms. The third kappa shape index (κ3) is 4.87. The van der Waals surface area contributed by atoms with Gasteiger partial charge in [0, 0.05) is 24.2 Å². The standard InChI is InChI=1S/C23H25N5O2/c1-14(2)16-6-8-17(9-7-16)23(30)27-12-15-4-3-5-18(10-15)20-13-26-19(11-24)21(28-20)22(25)29/h3-10,13-14H,11-12,24H2,1-2H3,(H2,25,29)(H,27,30). The first-order chi connectivity index (χ1) is 14.4. The zero-order chi connectivity index (χ0) is 21.7. The Balaban J connectivity index is 1.74. The van der Waals surface area contributed by atoms with Crippen molar-refractivity contribution in [1.29, 1.82) is 0 Å². The van der Waals surface area contributed by atoms with Gasteiger partial charge >= 0.3 is 0 Å². The van der Waals surface area contributed by atoms with Gasteiger partial charge in [-0.05, 0) is 35.2 Å². The minimum Gasteiger partial charge on any atom is -0.364 e. The molecular weight excluding hydrogens is 378 g/mol. The number of hydrogen-bond donors (Lipinski definition) is 3. The Kier molecular flexibility index (Phi) is 6.54. The number of benzene rings is 2. The van der Waals surface area contributed by atoms with Gasteiger partial charge in [0.25, 0.3) is 11.8 Å². The Morgan fingerprint density at radius 3 is 2.47 bits per heavy atom. The summed E-state index contributed by atoms with van der Waals surface area (Å²) in [6.07, 6.45) is 1.56. The van der Waals surface area contributed by atoms with E-state index in [4.69, 9.17) is 11.5 Å². The molecule has 0 saturated carbocycles. The van der Waals surface area contributed by atoms with Gasteiger partial charge in [-0.15, -0.1) is 0 Å². The summed E-state index contributed by atoms with van der Waals surface area (Å²) < 4.78 is 0. The highest BCUT2D eigenvalue weighted by Crippen LogP contribution is 2.19. The van der Waals surface area contributed by atoms with Crippen molar-refractivity contribution in [2.75, 3.05) is 0 Å². The monoisotopic (exact) mass is 403 g/mol. The van der Waals surface area contributed by atoms with Crippen molar-refractivity contribution >= 4 is 11.8 Å². The summed E-state index contributed by atoms with van der Waals surface area (Å²) in [7, 11) is 0. The van der Waals surface area contributed by atoms with Crippen molar-refractivity contribution in [3.63, 3.8) is 0 Å². The lowest BCUT2D eigenvalue weighted by molar-refractivity contribution is 0.0949. The fraction of sp³-hybridized carbons (Fsp3) is 0.217. The van der Waals surface area contributed by atoms with Crippen LogP contribution in [-0.4, -0.2) is 21.8 Å². The summed E-state index contributed by atoms with van der Waals surface area (Å²) in [5.41, 5.74) is 15.4. The molecule has 1 aromatic heterocycles. The van der Waals surface area contributed by atoms with Crippen LogP contribution in [0.25, 0.3) is 11.3 Å². The zero-order valence-corrected chi connectivity index (χ0v) is 17.1. The lowest BCUT2D eigenvalue weighted by Crippen LogP contribution is -2.22. The molecule has 154 valence electrons. The number of nitrogens with two attached hydrogens (primary N) is 2. The Hall–Kier alpha value is -3.58. The highest BCUT2D eigenvalue weighted by molar-refractivity contribution is 5.94. The molecule has 2 aromatic carbocycles. The molecule has 3 aromatic rings. The van der Waals surface area contributed by atoms with E-state index < -0.39 is 5.91 Å². The predicted octanol–water partition coefficient (Wildman–Crippen LogP) is 2.75. The SMILES string of the molecule is CC(C)c1ccc(C(=O)NCc2cccc(-c3cnc(CN)c(C(N)=O)n3)c2)cc1. The Morgan fingerprint density at radius 2 is 1.83 bits per heavy atom. The number of nitrogens with one attached hydrogen (secondary N) is 1. The average molecular weight is 403 g/mol. The first-order valence-electron chi connectivity index (χ1n) is 9.72. The molecule has 0 saturated heterocycles. The fourth-order valence-corrected chi connectivity index (χ4v) is 3.04. The maximum atomic E-state index is 12.4. The van der Waals surface area contributed by atoms with Gasteiger partial charge in [0.05, 0.1) is 17.6 Å².